The molecule has 1 aromatic carbocycles. The number of hydrogen-bond acceptors (Lipinski definition) is 5. The monoisotopic (exact) mass is 442 g/mol. The quantitative estimate of drug-likeness (QED) is 0.716. The number of piperidine rings is 2. The van der Waals surface area contributed by atoms with E-state index in [0.717, 1.165) is 38.5 Å². The van der Waals surface area contributed by atoms with Gasteiger partial charge in [-0.25, -0.2) is 8.42 Å². The van der Waals surface area contributed by atoms with Gasteiger partial charge in [0.15, 0.2) is 6.29 Å². The Morgan fingerprint density at radius 3 is 2.41 bits per heavy atom. The molecule has 0 spiro atoms. The highest BCUT2D eigenvalue weighted by Crippen LogP contribution is 2.30. The smallest absolute Gasteiger partial charge is 0.254 e. The first-order valence-corrected chi connectivity index (χ1v) is 12.1. The van der Waals surface area contributed by atoms with E-state index < -0.39 is 16.3 Å². The molecule has 160 valence electrons. The van der Waals surface area contributed by atoms with Crippen LogP contribution in [0.25, 0.3) is 0 Å². The van der Waals surface area contributed by atoms with Crippen molar-refractivity contribution in [2.24, 2.45) is 0 Å². The van der Waals surface area contributed by atoms with Gasteiger partial charge in [-0.3, -0.25) is 4.79 Å². The first kappa shape index (κ1) is 21.1. The molecule has 0 bridgehead atoms. The van der Waals surface area contributed by atoms with Gasteiger partial charge in [-0.1, -0.05) is 18.0 Å². The van der Waals surface area contributed by atoms with Gasteiger partial charge < -0.3 is 14.4 Å². The Labute approximate surface area is 176 Å². The van der Waals surface area contributed by atoms with Gasteiger partial charge in [0, 0.05) is 25.2 Å². The predicted octanol–water partition coefficient (Wildman–Crippen LogP) is 2.88. The van der Waals surface area contributed by atoms with Crippen molar-refractivity contribution in [3.63, 3.8) is 0 Å². The van der Waals surface area contributed by atoms with Crippen LogP contribution in [0.1, 0.15) is 48.9 Å². The van der Waals surface area contributed by atoms with Gasteiger partial charge >= 0.3 is 0 Å². The molecular formula is C20H27ClN2O5S. The number of carbonyl (C=O) groups is 1. The van der Waals surface area contributed by atoms with Crippen LogP contribution in [0.4, 0.5) is 0 Å². The summed E-state index contributed by atoms with van der Waals surface area (Å²) in [7, 11) is -3.73. The van der Waals surface area contributed by atoms with E-state index in [9.17, 15) is 13.2 Å². The molecule has 3 saturated heterocycles. The van der Waals surface area contributed by atoms with Crippen LogP contribution in [0.5, 0.6) is 0 Å². The molecule has 4 rings (SSSR count). The summed E-state index contributed by atoms with van der Waals surface area (Å²) < 4.78 is 39.0. The second-order valence-corrected chi connectivity index (χ2v) is 10.1. The lowest BCUT2D eigenvalue weighted by atomic mass is 10.00. The number of nitrogens with zero attached hydrogens (tertiary/aromatic N) is 2. The zero-order chi connectivity index (χ0) is 20.4. The molecule has 0 radical (unpaired) electrons. The highest BCUT2D eigenvalue weighted by molar-refractivity contribution is 7.89. The highest BCUT2D eigenvalue weighted by atomic mass is 35.5. The van der Waals surface area contributed by atoms with E-state index in [-0.39, 0.29) is 21.9 Å². The number of ether oxygens (including phenoxy) is 2. The number of hydrogen-bond donors (Lipinski definition) is 0. The molecule has 3 heterocycles. The first-order chi connectivity index (χ1) is 14.0. The van der Waals surface area contributed by atoms with Crippen LogP contribution < -0.4 is 0 Å². The number of sulfonamides is 1. The molecule has 29 heavy (non-hydrogen) atoms. The molecule has 3 fully saturated rings. The minimum Gasteiger partial charge on any atom is -0.348 e. The Morgan fingerprint density at radius 1 is 1.00 bits per heavy atom. The summed E-state index contributed by atoms with van der Waals surface area (Å²) in [4.78, 5) is 15.1. The van der Waals surface area contributed by atoms with E-state index in [1.165, 1.54) is 16.4 Å². The van der Waals surface area contributed by atoms with Crippen LogP contribution in [0.3, 0.4) is 0 Å². The van der Waals surface area contributed by atoms with Gasteiger partial charge in [-0.05, 0) is 50.3 Å². The highest BCUT2D eigenvalue weighted by Gasteiger charge is 2.37. The van der Waals surface area contributed by atoms with Crippen LogP contribution in [0.15, 0.2) is 23.1 Å². The van der Waals surface area contributed by atoms with Crippen LogP contribution in [-0.2, 0) is 19.5 Å². The van der Waals surface area contributed by atoms with Crippen molar-refractivity contribution in [3.05, 3.63) is 28.8 Å². The van der Waals surface area contributed by atoms with Gasteiger partial charge in [0.2, 0.25) is 10.0 Å². The fourth-order valence-electron chi connectivity index (χ4n) is 4.34. The lowest BCUT2D eigenvalue weighted by Gasteiger charge is -2.38. The van der Waals surface area contributed by atoms with Crippen molar-refractivity contribution in [2.75, 3.05) is 32.8 Å². The largest absolute Gasteiger partial charge is 0.348 e. The molecule has 7 nitrogen and oxygen atoms in total. The lowest BCUT2D eigenvalue weighted by molar-refractivity contribution is -0.100. The number of likely N-dealkylation sites (tertiary alicyclic amines) is 1. The molecule has 0 aliphatic carbocycles. The van der Waals surface area contributed by atoms with Crippen LogP contribution >= 0.6 is 11.6 Å². The summed E-state index contributed by atoms with van der Waals surface area (Å²) in [5, 5.41) is 0.143. The van der Waals surface area contributed by atoms with Gasteiger partial charge in [0.1, 0.15) is 4.90 Å². The Bertz CT molecular complexity index is 850. The van der Waals surface area contributed by atoms with Crippen molar-refractivity contribution in [2.45, 2.75) is 55.8 Å². The number of carbonyl (C=O) groups excluding carboxylic acids is 1. The minimum atomic E-state index is -3.73. The Morgan fingerprint density at radius 2 is 1.69 bits per heavy atom. The molecule has 0 N–H and O–H groups in total. The van der Waals surface area contributed by atoms with Crippen molar-refractivity contribution in [1.82, 2.24) is 9.21 Å². The average Bonchev–Trinajstić information content (AvgIpc) is 3.29. The van der Waals surface area contributed by atoms with Crippen molar-refractivity contribution < 1.29 is 22.7 Å². The number of benzene rings is 1. The van der Waals surface area contributed by atoms with Crippen LogP contribution in [0, 0.1) is 0 Å². The number of amides is 1. The Hall–Kier alpha value is -1.19. The second-order valence-electron chi connectivity index (χ2n) is 7.78. The van der Waals surface area contributed by atoms with E-state index in [2.05, 4.69) is 0 Å². The predicted molar refractivity (Wildman–Crippen MR) is 108 cm³/mol. The molecule has 1 aromatic rings. The van der Waals surface area contributed by atoms with Gasteiger partial charge in [-0.15, -0.1) is 0 Å². The molecule has 0 saturated carbocycles. The molecule has 1 amide bonds. The van der Waals surface area contributed by atoms with E-state index in [4.69, 9.17) is 21.1 Å². The maximum absolute atomic E-state index is 13.3. The standard InChI is InChI=1S/C20H27ClN2O5S/c21-16-8-7-15(14-18(16)29(25,26)22-9-3-1-4-10-22)19(24)23-11-5-2-6-17(23)20-27-12-13-28-20/h7-8,14,17,20H,1-6,9-13H2. The second kappa shape index (κ2) is 8.89. The summed E-state index contributed by atoms with van der Waals surface area (Å²) in [6.45, 7) is 2.64. The molecule has 3 aliphatic rings. The third-order valence-electron chi connectivity index (χ3n) is 5.88. The van der Waals surface area contributed by atoms with Crippen LogP contribution in [0.2, 0.25) is 5.02 Å². The topological polar surface area (TPSA) is 76.2 Å². The normalized spacial score (nSPS) is 24.7. The molecule has 1 unspecified atom stereocenters. The number of halogens is 1. The summed E-state index contributed by atoms with van der Waals surface area (Å²) in [5.74, 6) is -0.208. The van der Waals surface area contributed by atoms with Crippen molar-refractivity contribution in [1.29, 1.82) is 0 Å². The van der Waals surface area contributed by atoms with Crippen LogP contribution in [-0.4, -0.2) is 68.7 Å². The minimum absolute atomic E-state index is 0.00819. The van der Waals surface area contributed by atoms with Gasteiger partial charge in [-0.2, -0.15) is 4.31 Å². The maximum atomic E-state index is 13.3. The lowest BCUT2D eigenvalue weighted by Crippen LogP contribution is -2.50. The summed E-state index contributed by atoms with van der Waals surface area (Å²) in [5.41, 5.74) is 0.329. The fourth-order valence-corrected chi connectivity index (χ4v) is 6.35. The van der Waals surface area contributed by atoms with Gasteiger partial charge in [0.25, 0.3) is 5.91 Å². The van der Waals surface area contributed by atoms with E-state index in [1.807, 2.05) is 0 Å². The Kier molecular flexibility index (Phi) is 6.46. The van der Waals surface area contributed by atoms with Crippen molar-refractivity contribution >= 4 is 27.5 Å². The first-order valence-electron chi connectivity index (χ1n) is 10.3. The Balaban J connectivity index is 1.61. The van der Waals surface area contributed by atoms with E-state index in [0.29, 0.717) is 38.4 Å². The summed E-state index contributed by atoms with van der Waals surface area (Å²) in [6.07, 6.45) is 5.01. The number of rotatable bonds is 4. The SMILES string of the molecule is O=C(c1ccc(Cl)c(S(=O)(=O)N2CCCCC2)c1)N1CCCCC1C1OCCO1. The van der Waals surface area contributed by atoms with E-state index >= 15 is 0 Å². The molecule has 1 atom stereocenters. The zero-order valence-electron chi connectivity index (χ0n) is 16.4. The molecular weight excluding hydrogens is 416 g/mol. The third kappa shape index (κ3) is 4.32. The van der Waals surface area contributed by atoms with Crippen molar-refractivity contribution in [3.8, 4) is 0 Å². The summed E-state index contributed by atoms with van der Waals surface area (Å²) in [6, 6.07) is 4.38. The van der Waals surface area contributed by atoms with E-state index in [1.54, 1.807) is 11.0 Å². The molecule has 3 aliphatic heterocycles. The average molecular weight is 443 g/mol. The molecule has 0 aromatic heterocycles. The van der Waals surface area contributed by atoms with Gasteiger partial charge in [0.05, 0.1) is 24.3 Å². The maximum Gasteiger partial charge on any atom is 0.254 e. The molecule has 9 heteroatoms. The third-order valence-corrected chi connectivity index (χ3v) is 8.26. The summed E-state index contributed by atoms with van der Waals surface area (Å²) >= 11 is 6.25. The zero-order valence-corrected chi connectivity index (χ0v) is 18.0. The fraction of sp³-hybridized carbons (Fsp3) is 0.650.